The van der Waals surface area contributed by atoms with Gasteiger partial charge >= 0.3 is 5.69 Å². The number of fused-ring (bicyclic) bond motifs is 3. The van der Waals surface area contributed by atoms with Gasteiger partial charge in [0.25, 0.3) is 5.56 Å². The van der Waals surface area contributed by atoms with Crippen molar-refractivity contribution >= 4 is 22.8 Å². The first kappa shape index (κ1) is 16.2. The maximum atomic E-state index is 12.9. The van der Waals surface area contributed by atoms with Gasteiger partial charge in [0, 0.05) is 13.6 Å². The number of allylic oxidation sites excluding steroid dienone is 1. The lowest BCUT2D eigenvalue weighted by molar-refractivity contribution is 0.647. The predicted octanol–water partition coefficient (Wildman–Crippen LogP) is 1.08. The van der Waals surface area contributed by atoms with E-state index < -0.39 is 0 Å². The normalized spacial score (nSPS) is 14.0. The van der Waals surface area contributed by atoms with Crippen LogP contribution < -0.4 is 16.3 Å². The monoisotopic (exact) mass is 330 g/mol. The molecule has 0 amide bonds. The van der Waals surface area contributed by atoms with Gasteiger partial charge in [0.2, 0.25) is 5.95 Å². The van der Waals surface area contributed by atoms with Gasteiger partial charge < -0.3 is 0 Å². The van der Waals surface area contributed by atoms with Gasteiger partial charge in [-0.3, -0.25) is 18.5 Å². The van der Waals surface area contributed by atoms with E-state index in [1.165, 1.54) is 9.13 Å². The van der Waals surface area contributed by atoms with Gasteiger partial charge in [-0.2, -0.15) is 10.1 Å². The van der Waals surface area contributed by atoms with Gasteiger partial charge in [0.15, 0.2) is 11.2 Å². The zero-order valence-corrected chi connectivity index (χ0v) is 14.5. The molecular weight excluding hydrogens is 308 g/mol. The Labute approximate surface area is 139 Å². The number of rotatable bonds is 4. The first-order valence-electron chi connectivity index (χ1n) is 8.01. The second-order valence-electron chi connectivity index (χ2n) is 6.32. The second kappa shape index (κ2) is 5.77. The average molecular weight is 330 g/mol. The van der Waals surface area contributed by atoms with Crippen molar-refractivity contribution in [2.45, 2.75) is 40.3 Å². The molecule has 0 bridgehead atoms. The largest absolute Gasteiger partial charge is 0.332 e. The summed E-state index contributed by atoms with van der Waals surface area (Å²) in [6, 6.07) is 0. The van der Waals surface area contributed by atoms with E-state index in [0.717, 1.165) is 17.7 Å². The van der Waals surface area contributed by atoms with Crippen LogP contribution in [0.25, 0.3) is 11.2 Å². The van der Waals surface area contributed by atoms with Crippen LogP contribution in [-0.4, -0.2) is 30.9 Å². The molecule has 128 valence electrons. The van der Waals surface area contributed by atoms with Crippen LogP contribution in [0.4, 0.5) is 5.95 Å². The number of aromatic nitrogens is 4. The van der Waals surface area contributed by atoms with Crippen LogP contribution in [0.1, 0.15) is 27.2 Å². The lowest BCUT2D eigenvalue weighted by atomic mass is 10.3. The molecule has 0 unspecified atom stereocenters. The third-order valence-corrected chi connectivity index (χ3v) is 3.98. The van der Waals surface area contributed by atoms with Crippen molar-refractivity contribution in [1.29, 1.82) is 0 Å². The van der Waals surface area contributed by atoms with E-state index in [4.69, 9.17) is 0 Å². The second-order valence-corrected chi connectivity index (χ2v) is 6.32. The fourth-order valence-electron chi connectivity index (χ4n) is 2.99. The van der Waals surface area contributed by atoms with E-state index in [9.17, 15) is 9.59 Å². The quantitative estimate of drug-likeness (QED) is 0.786. The molecule has 8 nitrogen and oxygen atoms in total. The summed E-state index contributed by atoms with van der Waals surface area (Å²) in [6.45, 7) is 11.0. The van der Waals surface area contributed by atoms with Crippen LogP contribution in [0.2, 0.25) is 0 Å². The van der Waals surface area contributed by atoms with Gasteiger partial charge in [-0.25, -0.2) is 9.80 Å². The van der Waals surface area contributed by atoms with E-state index in [1.807, 2.05) is 11.5 Å². The standard InChI is InChI=1S/C16H22N6O2/c1-6-7-22-15-17-13-12(20(15)9-11(4)18-22)14(23)21(8-10(2)3)16(24)19(13)5/h2,6-9H2,1,3-5H3. The molecule has 0 N–H and O–H groups in total. The Morgan fingerprint density at radius 1 is 1.33 bits per heavy atom. The highest BCUT2D eigenvalue weighted by atomic mass is 16.2. The number of anilines is 1. The highest BCUT2D eigenvalue weighted by Crippen LogP contribution is 2.23. The van der Waals surface area contributed by atoms with Gasteiger partial charge in [0.1, 0.15) is 0 Å². The Morgan fingerprint density at radius 3 is 2.67 bits per heavy atom. The zero-order chi connectivity index (χ0) is 17.6. The molecule has 3 rings (SSSR count). The Morgan fingerprint density at radius 2 is 2.04 bits per heavy atom. The number of hydrazone groups is 1. The van der Waals surface area contributed by atoms with Crippen LogP contribution in [0.5, 0.6) is 0 Å². The smallest absolute Gasteiger partial charge is 0.297 e. The fourth-order valence-corrected chi connectivity index (χ4v) is 2.99. The molecule has 0 aromatic carbocycles. The maximum Gasteiger partial charge on any atom is 0.332 e. The number of imidazole rings is 1. The number of hydrogen-bond acceptors (Lipinski definition) is 5. The fraction of sp³-hybridized carbons (Fsp3) is 0.500. The molecule has 0 radical (unpaired) electrons. The first-order valence-corrected chi connectivity index (χ1v) is 8.01. The molecule has 0 aliphatic carbocycles. The van der Waals surface area contributed by atoms with Gasteiger partial charge in [-0.15, -0.1) is 0 Å². The van der Waals surface area contributed by atoms with E-state index in [1.54, 1.807) is 19.0 Å². The summed E-state index contributed by atoms with van der Waals surface area (Å²) in [5, 5.41) is 6.31. The van der Waals surface area contributed by atoms with E-state index in [2.05, 4.69) is 23.6 Å². The first-order chi connectivity index (χ1) is 11.3. The molecule has 3 heterocycles. The maximum absolute atomic E-state index is 12.9. The predicted molar refractivity (Wildman–Crippen MR) is 94.8 cm³/mol. The van der Waals surface area contributed by atoms with E-state index in [0.29, 0.717) is 30.2 Å². The molecule has 2 aromatic heterocycles. The molecule has 0 saturated carbocycles. The molecule has 2 aromatic rings. The molecule has 0 fully saturated rings. The van der Waals surface area contributed by atoms with Gasteiger partial charge in [-0.05, 0) is 20.3 Å². The molecule has 24 heavy (non-hydrogen) atoms. The SMILES string of the molecule is C=C(C)Cn1c(=O)c2c(nc3n2CC(C)=NN3CCC)n(C)c1=O. The van der Waals surface area contributed by atoms with Crippen molar-refractivity contribution in [3.63, 3.8) is 0 Å². The van der Waals surface area contributed by atoms with Crippen LogP contribution in [0, 0.1) is 0 Å². The van der Waals surface area contributed by atoms with Crippen LogP contribution in [0.15, 0.2) is 26.8 Å². The minimum absolute atomic E-state index is 0.202. The number of nitrogens with zero attached hydrogens (tertiary/aromatic N) is 6. The summed E-state index contributed by atoms with van der Waals surface area (Å²) in [4.78, 5) is 30.0. The summed E-state index contributed by atoms with van der Waals surface area (Å²) in [6.07, 6.45) is 0.902. The van der Waals surface area contributed by atoms with E-state index >= 15 is 0 Å². The summed E-state index contributed by atoms with van der Waals surface area (Å²) in [7, 11) is 1.63. The van der Waals surface area contributed by atoms with Crippen molar-refractivity contribution < 1.29 is 0 Å². The summed E-state index contributed by atoms with van der Waals surface area (Å²) in [5.74, 6) is 0.609. The molecule has 0 atom stereocenters. The molecule has 1 aliphatic heterocycles. The lowest BCUT2D eigenvalue weighted by Gasteiger charge is -2.24. The molecule has 1 aliphatic rings. The third-order valence-electron chi connectivity index (χ3n) is 3.98. The van der Waals surface area contributed by atoms with E-state index in [-0.39, 0.29) is 17.8 Å². The number of hydrogen-bond donors (Lipinski definition) is 0. The van der Waals surface area contributed by atoms with Crippen LogP contribution >= 0.6 is 0 Å². The van der Waals surface area contributed by atoms with Crippen molar-refractivity contribution in [1.82, 2.24) is 18.7 Å². The van der Waals surface area contributed by atoms with Gasteiger partial charge in [0.05, 0.1) is 18.8 Å². The lowest BCUT2D eigenvalue weighted by Crippen LogP contribution is -2.40. The number of aryl methyl sites for hydroxylation is 1. The van der Waals surface area contributed by atoms with Crippen LogP contribution in [0.3, 0.4) is 0 Å². The molecule has 0 spiro atoms. The Balaban J connectivity index is 2.35. The minimum Gasteiger partial charge on any atom is -0.297 e. The Kier molecular flexibility index (Phi) is 3.90. The Hall–Kier alpha value is -2.64. The van der Waals surface area contributed by atoms with Crippen LogP contribution in [-0.2, 0) is 20.1 Å². The minimum atomic E-state index is -0.384. The van der Waals surface area contributed by atoms with Crippen molar-refractivity contribution in [3.8, 4) is 0 Å². The highest BCUT2D eigenvalue weighted by molar-refractivity contribution is 5.87. The zero-order valence-electron chi connectivity index (χ0n) is 14.5. The van der Waals surface area contributed by atoms with Crippen molar-refractivity contribution in [3.05, 3.63) is 33.0 Å². The summed E-state index contributed by atoms with van der Waals surface area (Å²) < 4.78 is 4.49. The molecule has 8 heteroatoms. The Bertz CT molecular complexity index is 975. The molecule has 0 saturated heterocycles. The summed E-state index contributed by atoms with van der Waals surface area (Å²) >= 11 is 0. The average Bonchev–Trinajstić information content (AvgIpc) is 2.89. The topological polar surface area (TPSA) is 77.4 Å². The molecular formula is C16H22N6O2. The van der Waals surface area contributed by atoms with Gasteiger partial charge in [-0.1, -0.05) is 19.1 Å². The third kappa shape index (κ3) is 2.38. The highest BCUT2D eigenvalue weighted by Gasteiger charge is 2.26. The summed E-state index contributed by atoms with van der Waals surface area (Å²) in [5.41, 5.74) is 1.76. The van der Waals surface area contributed by atoms with Crippen molar-refractivity contribution in [2.24, 2.45) is 12.1 Å². The van der Waals surface area contributed by atoms with Crippen molar-refractivity contribution in [2.75, 3.05) is 11.6 Å².